The largest absolute Gasteiger partial charge is 0.376 e. The van der Waals surface area contributed by atoms with Crippen molar-refractivity contribution in [3.05, 3.63) is 33.1 Å². The minimum absolute atomic E-state index is 0.00151. The Morgan fingerprint density at radius 2 is 2.22 bits per heavy atom. The molecule has 0 saturated carbocycles. The first-order valence-electron chi connectivity index (χ1n) is 6.64. The van der Waals surface area contributed by atoms with Crippen molar-refractivity contribution in [2.24, 2.45) is 0 Å². The van der Waals surface area contributed by atoms with Crippen molar-refractivity contribution in [2.75, 3.05) is 6.61 Å². The minimum atomic E-state index is -0.235. The smallest absolute Gasteiger partial charge is 0.331 e. The van der Waals surface area contributed by atoms with Gasteiger partial charge in [-0.25, -0.2) is 4.79 Å². The molecule has 1 aromatic rings. The van der Waals surface area contributed by atoms with Crippen molar-refractivity contribution < 1.29 is 4.74 Å². The molecule has 2 rings (SSSR count). The van der Waals surface area contributed by atoms with Gasteiger partial charge in [0.05, 0.1) is 12.6 Å². The zero-order valence-corrected chi connectivity index (χ0v) is 10.8. The second-order valence-electron chi connectivity index (χ2n) is 4.73. The van der Waals surface area contributed by atoms with Gasteiger partial charge in [-0.3, -0.25) is 9.36 Å². The molecule has 0 aliphatic carbocycles. The summed E-state index contributed by atoms with van der Waals surface area (Å²) in [5, 5.41) is 0. The standard InChI is InChI=1S/C13H20N2O3/c1-2-7-14-8-6-12(16)15(13(14)17)10-11-5-3-4-9-18-11/h6,8,11H,2-5,7,9-10H2,1H3. The lowest BCUT2D eigenvalue weighted by molar-refractivity contribution is 0.00446. The molecule has 0 bridgehead atoms. The van der Waals surface area contributed by atoms with Crippen molar-refractivity contribution in [3.63, 3.8) is 0 Å². The summed E-state index contributed by atoms with van der Waals surface area (Å²) in [5.41, 5.74) is -0.458. The molecule has 18 heavy (non-hydrogen) atoms. The Bertz CT molecular complexity index is 498. The van der Waals surface area contributed by atoms with Gasteiger partial charge in [0.25, 0.3) is 5.56 Å². The third-order valence-electron chi connectivity index (χ3n) is 3.26. The number of aromatic nitrogens is 2. The van der Waals surface area contributed by atoms with E-state index in [1.165, 1.54) is 10.6 Å². The Morgan fingerprint density at radius 1 is 1.39 bits per heavy atom. The van der Waals surface area contributed by atoms with Gasteiger partial charge >= 0.3 is 5.69 Å². The lowest BCUT2D eigenvalue weighted by Crippen LogP contribution is -2.42. The average Bonchev–Trinajstić information content (AvgIpc) is 2.39. The van der Waals surface area contributed by atoms with Crippen LogP contribution in [0.5, 0.6) is 0 Å². The average molecular weight is 252 g/mol. The summed E-state index contributed by atoms with van der Waals surface area (Å²) in [6.45, 7) is 3.76. The van der Waals surface area contributed by atoms with Gasteiger partial charge in [-0.1, -0.05) is 6.92 Å². The van der Waals surface area contributed by atoms with Crippen molar-refractivity contribution in [1.29, 1.82) is 0 Å². The summed E-state index contributed by atoms with van der Waals surface area (Å²) in [5.74, 6) is 0. The second-order valence-corrected chi connectivity index (χ2v) is 4.73. The van der Waals surface area contributed by atoms with E-state index in [0.717, 1.165) is 32.3 Å². The highest BCUT2D eigenvalue weighted by atomic mass is 16.5. The molecular weight excluding hydrogens is 232 g/mol. The molecule has 1 unspecified atom stereocenters. The van der Waals surface area contributed by atoms with Crippen LogP contribution in [-0.4, -0.2) is 21.8 Å². The van der Waals surface area contributed by atoms with E-state index in [0.29, 0.717) is 13.1 Å². The molecule has 1 aliphatic heterocycles. The SMILES string of the molecule is CCCn1ccc(=O)n(CC2CCCCO2)c1=O. The van der Waals surface area contributed by atoms with Crippen molar-refractivity contribution in [1.82, 2.24) is 9.13 Å². The van der Waals surface area contributed by atoms with Gasteiger partial charge in [0, 0.05) is 25.4 Å². The van der Waals surface area contributed by atoms with E-state index in [4.69, 9.17) is 4.74 Å². The lowest BCUT2D eigenvalue weighted by atomic mass is 10.1. The molecule has 1 atom stereocenters. The van der Waals surface area contributed by atoms with Gasteiger partial charge in [-0.2, -0.15) is 0 Å². The highest BCUT2D eigenvalue weighted by Gasteiger charge is 2.16. The summed E-state index contributed by atoms with van der Waals surface area (Å²) in [7, 11) is 0. The molecule has 0 spiro atoms. The first-order chi connectivity index (χ1) is 8.72. The molecule has 1 aromatic heterocycles. The van der Waals surface area contributed by atoms with Gasteiger partial charge in [-0.15, -0.1) is 0 Å². The third-order valence-corrected chi connectivity index (χ3v) is 3.26. The van der Waals surface area contributed by atoms with E-state index in [-0.39, 0.29) is 17.4 Å². The highest BCUT2D eigenvalue weighted by Crippen LogP contribution is 2.13. The van der Waals surface area contributed by atoms with Gasteiger partial charge in [0.15, 0.2) is 0 Å². The summed E-state index contributed by atoms with van der Waals surface area (Å²) in [6.07, 6.45) is 5.55. The van der Waals surface area contributed by atoms with Gasteiger partial charge in [-0.05, 0) is 25.7 Å². The molecule has 5 nitrogen and oxygen atoms in total. The van der Waals surface area contributed by atoms with Crippen molar-refractivity contribution in [3.8, 4) is 0 Å². The van der Waals surface area contributed by atoms with E-state index in [9.17, 15) is 9.59 Å². The van der Waals surface area contributed by atoms with Crippen LogP contribution in [0, 0.1) is 0 Å². The topological polar surface area (TPSA) is 53.2 Å². The third kappa shape index (κ3) is 2.90. The zero-order valence-electron chi connectivity index (χ0n) is 10.8. The van der Waals surface area contributed by atoms with Crippen LogP contribution in [0.2, 0.25) is 0 Å². The van der Waals surface area contributed by atoms with Crippen molar-refractivity contribution in [2.45, 2.75) is 51.8 Å². The fraction of sp³-hybridized carbons (Fsp3) is 0.692. The van der Waals surface area contributed by atoms with Crippen LogP contribution in [0.25, 0.3) is 0 Å². The molecule has 2 heterocycles. The fourth-order valence-electron chi connectivity index (χ4n) is 2.29. The molecule has 1 saturated heterocycles. The maximum absolute atomic E-state index is 12.1. The van der Waals surface area contributed by atoms with Crippen LogP contribution in [0.15, 0.2) is 21.9 Å². The number of ether oxygens (including phenoxy) is 1. The number of aryl methyl sites for hydroxylation is 1. The van der Waals surface area contributed by atoms with E-state index in [2.05, 4.69) is 0 Å². The van der Waals surface area contributed by atoms with Crippen molar-refractivity contribution >= 4 is 0 Å². The predicted octanol–water partition coefficient (Wildman–Crippen LogP) is 0.989. The first-order valence-corrected chi connectivity index (χ1v) is 6.64. The maximum Gasteiger partial charge on any atom is 0.331 e. The molecular formula is C13H20N2O3. The molecule has 0 aromatic carbocycles. The summed E-state index contributed by atoms with van der Waals surface area (Å²) in [6, 6.07) is 1.46. The quantitative estimate of drug-likeness (QED) is 0.803. The molecule has 5 heteroatoms. The highest BCUT2D eigenvalue weighted by molar-refractivity contribution is 4.87. The molecule has 1 fully saturated rings. The molecule has 0 N–H and O–H groups in total. The summed E-state index contributed by atoms with van der Waals surface area (Å²) < 4.78 is 8.47. The summed E-state index contributed by atoms with van der Waals surface area (Å²) in [4.78, 5) is 23.9. The normalized spacial score (nSPS) is 19.9. The van der Waals surface area contributed by atoms with E-state index < -0.39 is 0 Å². The Kier molecular flexibility index (Phi) is 4.36. The lowest BCUT2D eigenvalue weighted by Gasteiger charge is -2.23. The number of hydrogen-bond donors (Lipinski definition) is 0. The summed E-state index contributed by atoms with van der Waals surface area (Å²) >= 11 is 0. The number of rotatable bonds is 4. The van der Waals surface area contributed by atoms with Crippen LogP contribution in [0.3, 0.4) is 0 Å². The Balaban J connectivity index is 2.22. The molecule has 100 valence electrons. The van der Waals surface area contributed by atoms with Gasteiger partial charge in [0.1, 0.15) is 0 Å². The second kappa shape index (κ2) is 6.00. The Morgan fingerprint density at radius 3 is 2.89 bits per heavy atom. The van der Waals surface area contributed by atoms with E-state index in [1.54, 1.807) is 10.8 Å². The molecule has 1 aliphatic rings. The Hall–Kier alpha value is -1.36. The maximum atomic E-state index is 12.1. The van der Waals surface area contributed by atoms with Crippen LogP contribution in [0.1, 0.15) is 32.6 Å². The molecule has 0 amide bonds. The monoisotopic (exact) mass is 252 g/mol. The van der Waals surface area contributed by atoms with E-state index in [1.807, 2.05) is 6.92 Å². The number of nitrogens with zero attached hydrogens (tertiary/aromatic N) is 2. The fourth-order valence-corrected chi connectivity index (χ4v) is 2.29. The van der Waals surface area contributed by atoms with Gasteiger partial charge < -0.3 is 9.30 Å². The minimum Gasteiger partial charge on any atom is -0.376 e. The van der Waals surface area contributed by atoms with Gasteiger partial charge in [0.2, 0.25) is 0 Å². The zero-order chi connectivity index (χ0) is 13.0. The van der Waals surface area contributed by atoms with Crippen LogP contribution >= 0.6 is 0 Å². The first kappa shape index (κ1) is 13.1. The van der Waals surface area contributed by atoms with Crippen LogP contribution in [-0.2, 0) is 17.8 Å². The number of hydrogen-bond acceptors (Lipinski definition) is 3. The van der Waals surface area contributed by atoms with E-state index >= 15 is 0 Å². The molecule has 0 radical (unpaired) electrons. The Labute approximate surface area is 106 Å². The van der Waals surface area contributed by atoms with Crippen LogP contribution < -0.4 is 11.2 Å². The van der Waals surface area contributed by atoms with Crippen LogP contribution in [0.4, 0.5) is 0 Å². The predicted molar refractivity (Wildman–Crippen MR) is 68.8 cm³/mol.